The summed E-state index contributed by atoms with van der Waals surface area (Å²) in [5, 5.41) is 7.26. The van der Waals surface area contributed by atoms with Gasteiger partial charge in [0.15, 0.2) is 0 Å². The topological polar surface area (TPSA) is 71.1 Å². The van der Waals surface area contributed by atoms with E-state index in [1.54, 1.807) is 0 Å². The normalized spacial score (nSPS) is 11.4. The van der Waals surface area contributed by atoms with Crippen molar-refractivity contribution in [1.82, 2.24) is 0 Å². The summed E-state index contributed by atoms with van der Waals surface area (Å²) < 4.78 is 23.2. The Kier molecular flexibility index (Phi) is 14.6. The highest BCUT2D eigenvalue weighted by Gasteiger charge is 2.25. The molecule has 0 aliphatic heterocycles. The molecule has 6 aromatic carbocycles. The van der Waals surface area contributed by atoms with Gasteiger partial charge in [-0.15, -0.1) is 0 Å². The largest absolute Gasteiger partial charge is 0.513 e. The Morgan fingerprint density at radius 3 is 1.18 bits per heavy atom. The van der Waals surface area contributed by atoms with Crippen LogP contribution in [-0.4, -0.2) is 25.5 Å². The van der Waals surface area contributed by atoms with Crippen LogP contribution in [0.1, 0.15) is 116 Å². The van der Waals surface area contributed by atoms with Gasteiger partial charge in [0, 0.05) is 21.5 Å². The zero-order valence-corrected chi connectivity index (χ0v) is 33.8. The van der Waals surface area contributed by atoms with Gasteiger partial charge < -0.3 is 18.9 Å². The van der Waals surface area contributed by atoms with E-state index >= 15 is 0 Å². The van der Waals surface area contributed by atoms with Crippen LogP contribution < -0.4 is 9.47 Å². The third kappa shape index (κ3) is 9.46. The fourth-order valence-corrected chi connectivity index (χ4v) is 7.90. The Balaban J connectivity index is 1.65. The molecule has 0 heterocycles. The first kappa shape index (κ1) is 40.6. The van der Waals surface area contributed by atoms with Gasteiger partial charge in [0.1, 0.15) is 11.5 Å². The molecule has 0 spiro atoms. The summed E-state index contributed by atoms with van der Waals surface area (Å²) in [5.41, 5.74) is 4.59. The maximum Gasteiger partial charge on any atom is 0.513 e. The smallest absolute Gasteiger partial charge is 0.434 e. The molecule has 6 nitrogen and oxygen atoms in total. The summed E-state index contributed by atoms with van der Waals surface area (Å²) in [5.74, 6) is 0.991. The molecule has 0 aromatic heterocycles. The lowest BCUT2D eigenvalue weighted by atomic mass is 9.84. The Morgan fingerprint density at radius 2 is 0.786 bits per heavy atom. The number of hydrogen-bond donors (Lipinski definition) is 0. The summed E-state index contributed by atoms with van der Waals surface area (Å²) >= 11 is 0. The van der Waals surface area contributed by atoms with Gasteiger partial charge in [-0.25, -0.2) is 9.59 Å². The van der Waals surface area contributed by atoms with Crippen molar-refractivity contribution in [2.24, 2.45) is 0 Å². The first-order chi connectivity index (χ1) is 27.5. The molecule has 6 rings (SSSR count). The zero-order valence-electron chi connectivity index (χ0n) is 33.8. The van der Waals surface area contributed by atoms with Gasteiger partial charge in [0.25, 0.3) is 0 Å². The molecule has 0 saturated carbocycles. The molecular formula is C50H58O6. The minimum Gasteiger partial charge on any atom is -0.434 e. The van der Waals surface area contributed by atoms with E-state index in [0.29, 0.717) is 24.3 Å². The van der Waals surface area contributed by atoms with Crippen molar-refractivity contribution in [3.8, 4) is 22.6 Å². The fourth-order valence-electron chi connectivity index (χ4n) is 7.90. The molecule has 294 valence electrons. The maximum absolute atomic E-state index is 13.1. The van der Waals surface area contributed by atoms with Crippen molar-refractivity contribution in [2.75, 3.05) is 13.2 Å². The van der Waals surface area contributed by atoms with E-state index in [1.165, 1.54) is 62.5 Å². The van der Waals surface area contributed by atoms with Gasteiger partial charge in [-0.1, -0.05) is 164 Å². The van der Waals surface area contributed by atoms with Crippen LogP contribution in [0.2, 0.25) is 0 Å². The van der Waals surface area contributed by atoms with E-state index in [4.69, 9.17) is 18.9 Å². The third-order valence-corrected chi connectivity index (χ3v) is 10.7. The first-order valence-electron chi connectivity index (χ1n) is 21.1. The highest BCUT2D eigenvalue weighted by Crippen LogP contribution is 2.50. The number of aryl methyl sites for hydroxylation is 2. The summed E-state index contributed by atoms with van der Waals surface area (Å²) in [6, 6.07) is 29.5. The molecule has 0 unspecified atom stereocenters. The quantitative estimate of drug-likeness (QED) is 0.0355. The van der Waals surface area contributed by atoms with Gasteiger partial charge in [-0.05, 0) is 82.3 Å². The van der Waals surface area contributed by atoms with Crippen molar-refractivity contribution in [2.45, 2.75) is 118 Å². The molecule has 0 atom stereocenters. The van der Waals surface area contributed by atoms with Crippen LogP contribution in [0.3, 0.4) is 0 Å². The molecule has 0 amide bonds. The van der Waals surface area contributed by atoms with Gasteiger partial charge in [-0.3, -0.25) is 0 Å². The predicted octanol–water partition coefficient (Wildman–Crippen LogP) is 14.8. The van der Waals surface area contributed by atoms with Crippen LogP contribution in [-0.2, 0) is 22.3 Å². The monoisotopic (exact) mass is 754 g/mol. The molecular weight excluding hydrogens is 697 g/mol. The molecule has 0 aliphatic rings. The fraction of sp³-hybridized carbons (Fsp3) is 0.400. The second kappa shape index (κ2) is 20.2. The Hall–Kier alpha value is -5.10. The van der Waals surface area contributed by atoms with E-state index in [2.05, 4.69) is 62.4 Å². The average Bonchev–Trinajstić information content (AvgIpc) is 3.22. The van der Waals surface area contributed by atoms with Crippen LogP contribution in [0.15, 0.2) is 84.9 Å². The van der Waals surface area contributed by atoms with Crippen LogP contribution >= 0.6 is 0 Å². The predicted molar refractivity (Wildman–Crippen MR) is 231 cm³/mol. The summed E-state index contributed by atoms with van der Waals surface area (Å²) in [6.07, 6.45) is 13.9. The average molecular weight is 755 g/mol. The molecule has 0 saturated heterocycles. The van der Waals surface area contributed by atoms with Crippen molar-refractivity contribution < 1.29 is 28.5 Å². The Labute approximate surface area is 332 Å². The number of carbonyl (C=O) groups is 2. The van der Waals surface area contributed by atoms with Crippen molar-refractivity contribution >= 4 is 55.4 Å². The number of rotatable bonds is 19. The van der Waals surface area contributed by atoms with Crippen LogP contribution in [0.4, 0.5) is 9.59 Å². The van der Waals surface area contributed by atoms with Crippen molar-refractivity contribution in [1.29, 1.82) is 0 Å². The number of unbranched alkanes of at least 4 members (excludes halogenated alkanes) is 8. The van der Waals surface area contributed by atoms with E-state index in [-0.39, 0.29) is 13.2 Å². The SMILES string of the molecule is CCCCCCCc1ccc2c(OC(=O)OCCC)c3ccccc3c(-c3c4ccccc4c(OC(=O)OCCC)c4ccc(CCCCCCC)cc34)c2c1. The van der Waals surface area contributed by atoms with E-state index < -0.39 is 12.3 Å². The van der Waals surface area contributed by atoms with Crippen LogP contribution in [0.5, 0.6) is 11.5 Å². The van der Waals surface area contributed by atoms with E-state index in [9.17, 15) is 9.59 Å². The lowest BCUT2D eigenvalue weighted by Gasteiger charge is -2.22. The van der Waals surface area contributed by atoms with E-state index in [1.807, 2.05) is 50.2 Å². The molecule has 56 heavy (non-hydrogen) atoms. The molecule has 0 radical (unpaired) electrons. The number of fused-ring (bicyclic) bond motifs is 4. The number of carbonyl (C=O) groups excluding carboxylic acids is 2. The van der Waals surface area contributed by atoms with Gasteiger partial charge in [0.05, 0.1) is 13.2 Å². The summed E-state index contributed by atoms with van der Waals surface area (Å²) in [7, 11) is 0. The minimum absolute atomic E-state index is 0.286. The number of ether oxygens (including phenoxy) is 4. The van der Waals surface area contributed by atoms with Crippen LogP contribution in [0.25, 0.3) is 54.2 Å². The molecule has 6 aromatic rings. The minimum atomic E-state index is -0.706. The highest BCUT2D eigenvalue weighted by molar-refractivity contribution is 6.27. The highest BCUT2D eigenvalue weighted by atomic mass is 16.7. The van der Waals surface area contributed by atoms with Crippen molar-refractivity contribution in [3.63, 3.8) is 0 Å². The molecule has 6 heteroatoms. The molecule has 0 N–H and O–H groups in total. The second-order valence-electron chi connectivity index (χ2n) is 15.0. The number of hydrogen-bond acceptors (Lipinski definition) is 6. The summed E-state index contributed by atoms with van der Waals surface area (Å²) in [6.45, 7) is 8.99. The Bertz CT molecular complexity index is 2110. The Morgan fingerprint density at radius 1 is 0.411 bits per heavy atom. The van der Waals surface area contributed by atoms with Crippen LogP contribution in [0, 0.1) is 0 Å². The molecule has 0 bridgehead atoms. The third-order valence-electron chi connectivity index (χ3n) is 10.7. The second-order valence-corrected chi connectivity index (χ2v) is 15.0. The lowest BCUT2D eigenvalue weighted by Crippen LogP contribution is -2.12. The maximum atomic E-state index is 13.1. The number of benzene rings is 6. The molecule has 0 fully saturated rings. The zero-order chi connectivity index (χ0) is 39.3. The van der Waals surface area contributed by atoms with Gasteiger partial charge >= 0.3 is 12.3 Å². The van der Waals surface area contributed by atoms with Gasteiger partial charge in [-0.2, -0.15) is 0 Å². The van der Waals surface area contributed by atoms with Crippen molar-refractivity contribution in [3.05, 3.63) is 96.1 Å². The van der Waals surface area contributed by atoms with Gasteiger partial charge in [0.2, 0.25) is 0 Å². The van der Waals surface area contributed by atoms with E-state index in [0.717, 1.165) is 79.9 Å². The standard InChI is InChI=1S/C50H58O6/c1-5-9-11-13-15-21-35-27-29-41-43(33-35)45(37-23-17-19-25-39(37)47(41)55-49(51)53-31-7-3)46-38-24-18-20-26-40(38)48(56-50(52)54-32-8-4)42-30-28-36(34-44(42)46)22-16-14-12-10-6-2/h17-20,23-30,33-34H,5-16,21-22,31-32H2,1-4H3. The summed E-state index contributed by atoms with van der Waals surface area (Å²) in [4.78, 5) is 26.3. The molecule has 0 aliphatic carbocycles. The lowest BCUT2D eigenvalue weighted by molar-refractivity contribution is 0.0991. The first-order valence-corrected chi connectivity index (χ1v) is 21.1.